The monoisotopic (exact) mass is 391 g/mol. The molecule has 0 saturated carbocycles. The molecule has 0 unspecified atom stereocenters. The van der Waals surface area contributed by atoms with Crippen LogP contribution in [0.1, 0.15) is 30.1 Å². The summed E-state index contributed by atoms with van der Waals surface area (Å²) in [5.41, 5.74) is 3.83. The highest BCUT2D eigenvalue weighted by molar-refractivity contribution is 5.84. The topological polar surface area (TPSA) is 64.2 Å². The van der Waals surface area contributed by atoms with Gasteiger partial charge in [0, 0.05) is 30.2 Å². The Morgan fingerprint density at radius 1 is 1.14 bits per heavy atom. The van der Waals surface area contributed by atoms with E-state index in [-0.39, 0.29) is 11.6 Å². The lowest BCUT2D eigenvalue weighted by Gasteiger charge is -2.25. The van der Waals surface area contributed by atoms with Crippen LogP contribution in [0.2, 0.25) is 0 Å². The molecule has 0 spiro atoms. The molecule has 0 amide bonds. The molecule has 0 aromatic carbocycles. The second-order valence-corrected chi connectivity index (χ2v) is 7.78. The van der Waals surface area contributed by atoms with Gasteiger partial charge in [0.1, 0.15) is 0 Å². The molecule has 7 heteroatoms. The van der Waals surface area contributed by atoms with E-state index in [0.29, 0.717) is 27.8 Å². The second-order valence-electron chi connectivity index (χ2n) is 7.78. The maximum Gasteiger partial charge on any atom is 0.260 e. The van der Waals surface area contributed by atoms with Gasteiger partial charge in [-0.25, -0.2) is 14.4 Å². The maximum atomic E-state index is 14.5. The van der Waals surface area contributed by atoms with Gasteiger partial charge in [-0.15, -0.1) is 0 Å². The highest BCUT2D eigenvalue weighted by Crippen LogP contribution is 2.26. The van der Waals surface area contributed by atoms with E-state index < -0.39 is 5.82 Å². The number of nitrogens with one attached hydrogen (secondary N) is 1. The van der Waals surface area contributed by atoms with Crippen LogP contribution in [-0.2, 0) is 0 Å². The van der Waals surface area contributed by atoms with Crippen molar-refractivity contribution in [2.24, 2.45) is 0 Å². The minimum Gasteiger partial charge on any atom is -0.317 e. The quantitative estimate of drug-likeness (QED) is 0.569. The molecule has 4 aromatic heterocycles. The van der Waals surface area contributed by atoms with Crippen LogP contribution in [0.3, 0.4) is 0 Å². The van der Waals surface area contributed by atoms with Crippen LogP contribution in [-0.4, -0.2) is 32.0 Å². The van der Waals surface area contributed by atoms with Gasteiger partial charge in [0.25, 0.3) is 5.56 Å². The van der Waals surface area contributed by atoms with Crippen molar-refractivity contribution in [1.29, 1.82) is 0 Å². The minimum absolute atomic E-state index is 0.00202. The number of pyridine rings is 3. The molecule has 1 N–H and O–H groups in total. The highest BCUT2D eigenvalue weighted by atomic mass is 19.1. The summed E-state index contributed by atoms with van der Waals surface area (Å²) in [4.78, 5) is 22.0. The number of fused-ring (bicyclic) bond motifs is 2. The molecule has 0 bridgehead atoms. The van der Waals surface area contributed by atoms with Crippen molar-refractivity contribution in [1.82, 2.24) is 24.3 Å². The fourth-order valence-electron chi connectivity index (χ4n) is 4.28. The lowest BCUT2D eigenvalue weighted by molar-refractivity contribution is 0.362. The van der Waals surface area contributed by atoms with Gasteiger partial charge in [-0.3, -0.25) is 4.79 Å². The standard InChI is InChI=1S/C22H22FN5O/c1-13-9-19(15-10-17(23)21-25-14(2)11-27(21)12-15)26-18-5-8-28(22(29)20(13)18)16-3-6-24-7-4-16/h5,8-12,16,24H,3-4,6-7H2,1-2H3. The molecule has 4 aromatic rings. The molecule has 5 heterocycles. The highest BCUT2D eigenvalue weighted by Gasteiger charge is 2.18. The Labute approximate surface area is 167 Å². The molecule has 1 fully saturated rings. The van der Waals surface area contributed by atoms with Crippen LogP contribution in [0.4, 0.5) is 4.39 Å². The van der Waals surface area contributed by atoms with Gasteiger partial charge in [-0.05, 0) is 63.5 Å². The van der Waals surface area contributed by atoms with Crippen LogP contribution in [0, 0.1) is 19.7 Å². The first-order valence-electron chi connectivity index (χ1n) is 9.90. The summed E-state index contributed by atoms with van der Waals surface area (Å²) in [5, 5.41) is 3.97. The Hall–Kier alpha value is -3.06. The Balaban J connectivity index is 1.64. The second kappa shape index (κ2) is 6.77. The third-order valence-corrected chi connectivity index (χ3v) is 5.71. The molecular weight excluding hydrogens is 369 g/mol. The summed E-state index contributed by atoms with van der Waals surface area (Å²) in [6, 6.07) is 5.42. The number of halogens is 1. The smallest absolute Gasteiger partial charge is 0.260 e. The number of aryl methyl sites for hydroxylation is 2. The van der Waals surface area contributed by atoms with Crippen molar-refractivity contribution >= 4 is 16.6 Å². The molecule has 0 aliphatic carbocycles. The maximum absolute atomic E-state index is 14.5. The third-order valence-electron chi connectivity index (χ3n) is 5.71. The number of hydrogen-bond acceptors (Lipinski definition) is 4. The van der Waals surface area contributed by atoms with E-state index >= 15 is 0 Å². The zero-order valence-corrected chi connectivity index (χ0v) is 16.4. The predicted octanol–water partition coefficient (Wildman–Crippen LogP) is 3.39. The summed E-state index contributed by atoms with van der Waals surface area (Å²) >= 11 is 0. The zero-order valence-electron chi connectivity index (χ0n) is 16.4. The number of rotatable bonds is 2. The molecule has 1 aliphatic heterocycles. The Kier molecular flexibility index (Phi) is 4.20. The number of piperidine rings is 1. The van der Waals surface area contributed by atoms with Crippen LogP contribution in [0.5, 0.6) is 0 Å². The van der Waals surface area contributed by atoms with Crippen molar-refractivity contribution in [2.75, 3.05) is 13.1 Å². The number of aromatic nitrogens is 4. The van der Waals surface area contributed by atoms with Crippen LogP contribution < -0.4 is 10.9 Å². The van der Waals surface area contributed by atoms with Crippen molar-refractivity contribution in [3.05, 3.63) is 64.2 Å². The molecule has 5 rings (SSSR count). The summed E-state index contributed by atoms with van der Waals surface area (Å²) < 4.78 is 18.0. The number of imidazole rings is 1. The third kappa shape index (κ3) is 3.02. The molecule has 0 atom stereocenters. The molecule has 0 radical (unpaired) electrons. The fourth-order valence-corrected chi connectivity index (χ4v) is 4.28. The van der Waals surface area contributed by atoms with Gasteiger partial charge in [-0.1, -0.05) is 0 Å². The average molecular weight is 391 g/mol. The van der Waals surface area contributed by atoms with Crippen molar-refractivity contribution in [3.8, 4) is 11.3 Å². The largest absolute Gasteiger partial charge is 0.317 e. The van der Waals surface area contributed by atoms with E-state index in [0.717, 1.165) is 37.2 Å². The molecule has 148 valence electrons. The van der Waals surface area contributed by atoms with Gasteiger partial charge in [-0.2, -0.15) is 0 Å². The van der Waals surface area contributed by atoms with E-state index in [2.05, 4.69) is 15.3 Å². The predicted molar refractivity (Wildman–Crippen MR) is 111 cm³/mol. The molecular formula is C22H22FN5O. The summed E-state index contributed by atoms with van der Waals surface area (Å²) in [6.45, 7) is 5.59. The lowest BCUT2D eigenvalue weighted by Crippen LogP contribution is -2.34. The molecule has 6 nitrogen and oxygen atoms in total. The molecule has 1 aliphatic rings. The van der Waals surface area contributed by atoms with Gasteiger partial charge in [0.2, 0.25) is 0 Å². The van der Waals surface area contributed by atoms with Crippen LogP contribution >= 0.6 is 0 Å². The van der Waals surface area contributed by atoms with Gasteiger partial charge in [0.15, 0.2) is 11.5 Å². The summed E-state index contributed by atoms with van der Waals surface area (Å²) in [5.74, 6) is -0.392. The van der Waals surface area contributed by atoms with Crippen molar-refractivity contribution < 1.29 is 4.39 Å². The normalized spacial score (nSPS) is 15.4. The fraction of sp³-hybridized carbons (Fsp3) is 0.318. The van der Waals surface area contributed by atoms with Crippen LogP contribution in [0.25, 0.3) is 27.8 Å². The first kappa shape index (κ1) is 18.0. The van der Waals surface area contributed by atoms with Gasteiger partial charge >= 0.3 is 0 Å². The lowest BCUT2D eigenvalue weighted by atomic mass is 10.0. The number of nitrogens with zero attached hydrogens (tertiary/aromatic N) is 4. The van der Waals surface area contributed by atoms with Crippen LogP contribution in [0.15, 0.2) is 41.6 Å². The van der Waals surface area contributed by atoms with E-state index in [1.54, 1.807) is 10.6 Å². The van der Waals surface area contributed by atoms with Gasteiger partial charge < -0.3 is 14.3 Å². The molecule has 29 heavy (non-hydrogen) atoms. The van der Waals surface area contributed by atoms with E-state index in [9.17, 15) is 9.18 Å². The molecule has 1 saturated heterocycles. The van der Waals surface area contributed by atoms with E-state index in [1.807, 2.05) is 42.9 Å². The Morgan fingerprint density at radius 2 is 1.93 bits per heavy atom. The average Bonchev–Trinajstić information content (AvgIpc) is 3.09. The number of hydrogen-bond donors (Lipinski definition) is 1. The minimum atomic E-state index is -0.392. The first-order chi connectivity index (χ1) is 14.0. The van der Waals surface area contributed by atoms with Crippen molar-refractivity contribution in [2.45, 2.75) is 32.7 Å². The van der Waals surface area contributed by atoms with Gasteiger partial charge in [0.05, 0.1) is 22.3 Å². The van der Waals surface area contributed by atoms with E-state index in [1.165, 1.54) is 6.07 Å². The Morgan fingerprint density at radius 3 is 2.72 bits per heavy atom. The summed E-state index contributed by atoms with van der Waals surface area (Å²) in [7, 11) is 0. The first-order valence-corrected chi connectivity index (χ1v) is 9.90. The zero-order chi connectivity index (χ0) is 20.1. The summed E-state index contributed by atoms with van der Waals surface area (Å²) in [6.07, 6.45) is 7.34. The van der Waals surface area contributed by atoms with Crippen molar-refractivity contribution in [3.63, 3.8) is 0 Å². The SMILES string of the molecule is Cc1cn2cc(-c3cc(C)c4c(=O)n(C5CCNCC5)ccc4n3)cc(F)c2n1. The van der Waals surface area contributed by atoms with E-state index in [4.69, 9.17) is 0 Å². The Bertz CT molecular complexity index is 1300.